The first-order valence-corrected chi connectivity index (χ1v) is 5.47. The van der Waals surface area contributed by atoms with Gasteiger partial charge in [0.2, 0.25) is 0 Å². The standard InChI is InChI=1S/C12H16F3NO2/c1-8(5-6-17-2)18-11-4-3-9(16)7-10(11)12(13,14)15/h3-4,7-8H,5-6,16H2,1-2H3. The fraction of sp³-hybridized carbons (Fsp3) is 0.500. The maximum atomic E-state index is 12.8. The van der Waals surface area contributed by atoms with Gasteiger partial charge in [-0.05, 0) is 25.1 Å². The molecule has 0 fully saturated rings. The van der Waals surface area contributed by atoms with Gasteiger partial charge in [0.1, 0.15) is 5.75 Å². The van der Waals surface area contributed by atoms with E-state index in [0.717, 1.165) is 6.07 Å². The summed E-state index contributed by atoms with van der Waals surface area (Å²) < 4.78 is 48.4. The zero-order valence-corrected chi connectivity index (χ0v) is 10.3. The summed E-state index contributed by atoms with van der Waals surface area (Å²) >= 11 is 0. The van der Waals surface area contributed by atoms with Crippen LogP contribution in [0, 0.1) is 0 Å². The molecule has 1 unspecified atom stereocenters. The van der Waals surface area contributed by atoms with Gasteiger partial charge < -0.3 is 15.2 Å². The monoisotopic (exact) mass is 263 g/mol. The van der Waals surface area contributed by atoms with Crippen molar-refractivity contribution >= 4 is 5.69 Å². The molecule has 1 atom stereocenters. The third-order valence-electron chi connectivity index (χ3n) is 2.37. The highest BCUT2D eigenvalue weighted by molar-refractivity contribution is 5.49. The van der Waals surface area contributed by atoms with E-state index >= 15 is 0 Å². The Morgan fingerprint density at radius 2 is 2.00 bits per heavy atom. The highest BCUT2D eigenvalue weighted by atomic mass is 19.4. The second-order valence-electron chi connectivity index (χ2n) is 3.96. The van der Waals surface area contributed by atoms with Crippen LogP contribution in [-0.4, -0.2) is 19.8 Å². The lowest BCUT2D eigenvalue weighted by Crippen LogP contribution is -2.17. The predicted octanol–water partition coefficient (Wildman–Crippen LogP) is 3.09. The second-order valence-corrected chi connectivity index (χ2v) is 3.96. The number of ether oxygens (including phenoxy) is 2. The van der Waals surface area contributed by atoms with Gasteiger partial charge in [-0.25, -0.2) is 0 Å². The Kier molecular flexibility index (Phi) is 4.84. The van der Waals surface area contributed by atoms with E-state index in [1.54, 1.807) is 6.92 Å². The summed E-state index contributed by atoms with van der Waals surface area (Å²) in [6, 6.07) is 3.49. The highest BCUT2D eigenvalue weighted by Crippen LogP contribution is 2.37. The lowest BCUT2D eigenvalue weighted by atomic mass is 10.1. The van der Waals surface area contributed by atoms with Crippen molar-refractivity contribution in [3.63, 3.8) is 0 Å². The fourth-order valence-electron chi connectivity index (χ4n) is 1.43. The van der Waals surface area contributed by atoms with Gasteiger partial charge in [-0.3, -0.25) is 0 Å². The average Bonchev–Trinajstić information content (AvgIpc) is 2.27. The van der Waals surface area contributed by atoms with Crippen molar-refractivity contribution in [1.29, 1.82) is 0 Å². The Morgan fingerprint density at radius 1 is 1.33 bits per heavy atom. The molecule has 1 aromatic rings. The quantitative estimate of drug-likeness (QED) is 0.830. The zero-order chi connectivity index (χ0) is 13.8. The van der Waals surface area contributed by atoms with Crippen LogP contribution in [0.25, 0.3) is 0 Å². The molecule has 102 valence electrons. The second kappa shape index (κ2) is 5.95. The van der Waals surface area contributed by atoms with Crippen molar-refractivity contribution in [1.82, 2.24) is 0 Å². The lowest BCUT2D eigenvalue weighted by Gasteiger charge is -2.18. The van der Waals surface area contributed by atoms with Crippen molar-refractivity contribution in [3.05, 3.63) is 23.8 Å². The third-order valence-corrected chi connectivity index (χ3v) is 2.37. The van der Waals surface area contributed by atoms with E-state index in [9.17, 15) is 13.2 Å². The molecule has 18 heavy (non-hydrogen) atoms. The fourth-order valence-corrected chi connectivity index (χ4v) is 1.43. The van der Waals surface area contributed by atoms with Gasteiger partial charge >= 0.3 is 6.18 Å². The van der Waals surface area contributed by atoms with Crippen molar-refractivity contribution < 1.29 is 22.6 Å². The molecule has 0 aliphatic rings. The third kappa shape index (κ3) is 4.10. The van der Waals surface area contributed by atoms with E-state index in [-0.39, 0.29) is 17.5 Å². The summed E-state index contributed by atoms with van der Waals surface area (Å²) in [5.74, 6) is -0.208. The van der Waals surface area contributed by atoms with Crippen LogP contribution in [0.1, 0.15) is 18.9 Å². The maximum absolute atomic E-state index is 12.8. The Morgan fingerprint density at radius 3 is 2.56 bits per heavy atom. The number of nitrogen functional groups attached to an aromatic ring is 1. The SMILES string of the molecule is COCCC(C)Oc1ccc(N)cc1C(F)(F)F. The van der Waals surface area contributed by atoms with Crippen molar-refractivity contribution in [2.24, 2.45) is 0 Å². The number of alkyl halides is 3. The molecule has 2 N–H and O–H groups in total. The Bertz CT molecular complexity index is 393. The molecule has 0 heterocycles. The number of nitrogens with two attached hydrogens (primary N) is 1. The number of benzene rings is 1. The summed E-state index contributed by atoms with van der Waals surface area (Å²) in [5.41, 5.74) is 4.56. The average molecular weight is 263 g/mol. The molecule has 3 nitrogen and oxygen atoms in total. The molecule has 0 saturated carbocycles. The van der Waals surface area contributed by atoms with Crippen LogP contribution in [0.3, 0.4) is 0 Å². The number of hydrogen-bond acceptors (Lipinski definition) is 3. The smallest absolute Gasteiger partial charge is 0.420 e. The topological polar surface area (TPSA) is 44.5 Å². The summed E-state index contributed by atoms with van der Waals surface area (Å²) in [4.78, 5) is 0. The molecular weight excluding hydrogens is 247 g/mol. The van der Waals surface area contributed by atoms with Crippen LogP contribution in [0.2, 0.25) is 0 Å². The van der Waals surface area contributed by atoms with Crippen LogP contribution in [0.15, 0.2) is 18.2 Å². The van der Waals surface area contributed by atoms with E-state index in [0.29, 0.717) is 13.0 Å². The van der Waals surface area contributed by atoms with E-state index < -0.39 is 11.7 Å². The van der Waals surface area contributed by atoms with Gasteiger partial charge in [0.05, 0.1) is 11.7 Å². The minimum atomic E-state index is -4.48. The lowest BCUT2D eigenvalue weighted by molar-refractivity contribution is -0.139. The highest BCUT2D eigenvalue weighted by Gasteiger charge is 2.34. The van der Waals surface area contributed by atoms with E-state index in [4.69, 9.17) is 15.2 Å². The summed E-state index contributed by atoms with van der Waals surface area (Å²) in [6.45, 7) is 2.12. The number of hydrogen-bond donors (Lipinski definition) is 1. The van der Waals surface area contributed by atoms with Crippen molar-refractivity contribution in [3.8, 4) is 5.75 Å². The molecule has 6 heteroatoms. The van der Waals surface area contributed by atoms with Crippen LogP contribution < -0.4 is 10.5 Å². The van der Waals surface area contributed by atoms with Gasteiger partial charge in [0.25, 0.3) is 0 Å². The molecule has 0 bridgehead atoms. The molecule has 0 saturated heterocycles. The minimum Gasteiger partial charge on any atom is -0.490 e. The molecule has 0 amide bonds. The number of anilines is 1. The molecule has 1 aromatic carbocycles. The Hall–Kier alpha value is -1.43. The largest absolute Gasteiger partial charge is 0.490 e. The predicted molar refractivity (Wildman–Crippen MR) is 62.4 cm³/mol. The van der Waals surface area contributed by atoms with Crippen LogP contribution in [-0.2, 0) is 10.9 Å². The molecule has 0 aromatic heterocycles. The van der Waals surface area contributed by atoms with Gasteiger partial charge in [-0.2, -0.15) is 13.2 Å². The van der Waals surface area contributed by atoms with Crippen molar-refractivity contribution in [2.45, 2.75) is 25.6 Å². The summed E-state index contributed by atoms with van der Waals surface area (Å²) in [5, 5.41) is 0. The van der Waals surface area contributed by atoms with E-state index in [2.05, 4.69) is 0 Å². The first kappa shape index (κ1) is 14.6. The molecule has 0 radical (unpaired) electrons. The van der Waals surface area contributed by atoms with Crippen LogP contribution >= 0.6 is 0 Å². The van der Waals surface area contributed by atoms with Gasteiger partial charge in [0, 0.05) is 25.8 Å². The van der Waals surface area contributed by atoms with E-state index in [1.165, 1.54) is 19.2 Å². The first-order chi connectivity index (χ1) is 8.34. The number of rotatable bonds is 5. The summed E-state index contributed by atoms with van der Waals surface area (Å²) in [6.07, 6.45) is -4.33. The number of methoxy groups -OCH3 is 1. The minimum absolute atomic E-state index is 0.0548. The van der Waals surface area contributed by atoms with Crippen LogP contribution in [0.4, 0.5) is 18.9 Å². The molecule has 0 aliphatic carbocycles. The Labute approximate surface area is 104 Å². The van der Waals surface area contributed by atoms with Gasteiger partial charge in [-0.15, -0.1) is 0 Å². The number of halogens is 3. The normalized spacial score (nSPS) is 13.4. The van der Waals surface area contributed by atoms with Gasteiger partial charge in [-0.1, -0.05) is 0 Å². The van der Waals surface area contributed by atoms with Gasteiger partial charge in [0.15, 0.2) is 0 Å². The zero-order valence-electron chi connectivity index (χ0n) is 10.3. The van der Waals surface area contributed by atoms with E-state index in [1.807, 2.05) is 0 Å². The molecular formula is C12H16F3NO2. The maximum Gasteiger partial charge on any atom is 0.420 e. The van der Waals surface area contributed by atoms with Crippen molar-refractivity contribution in [2.75, 3.05) is 19.5 Å². The first-order valence-electron chi connectivity index (χ1n) is 5.47. The molecule has 1 rings (SSSR count). The van der Waals surface area contributed by atoms with Crippen LogP contribution in [0.5, 0.6) is 5.75 Å². The molecule has 0 aliphatic heterocycles. The summed E-state index contributed by atoms with van der Waals surface area (Å²) in [7, 11) is 1.52. The Balaban J connectivity index is 2.88. The molecule has 0 spiro atoms.